The summed E-state index contributed by atoms with van der Waals surface area (Å²) in [6.07, 6.45) is 4.20. The van der Waals surface area contributed by atoms with E-state index in [0.29, 0.717) is 54.3 Å². The summed E-state index contributed by atoms with van der Waals surface area (Å²) in [6.45, 7) is 8.23. The first-order valence-corrected chi connectivity index (χ1v) is 15.5. The third-order valence-electron chi connectivity index (χ3n) is 9.40. The van der Waals surface area contributed by atoms with E-state index in [9.17, 15) is 14.9 Å². The van der Waals surface area contributed by atoms with Crippen LogP contribution in [-0.4, -0.2) is 79.7 Å². The molecule has 2 N–H and O–H groups in total. The zero-order valence-electron chi connectivity index (χ0n) is 25.9. The van der Waals surface area contributed by atoms with Gasteiger partial charge in [0.1, 0.15) is 35.0 Å². The van der Waals surface area contributed by atoms with Crippen molar-refractivity contribution in [2.24, 2.45) is 5.41 Å². The number of nitrogens with zero attached hydrogens (tertiary/aromatic N) is 7. The number of amides is 1. The number of hydrogen-bond acceptors (Lipinski definition) is 9. The lowest BCUT2D eigenvalue weighted by molar-refractivity contribution is -0.204. The molecule has 2 aromatic heterocycles. The minimum atomic E-state index is -0.430. The van der Waals surface area contributed by atoms with Gasteiger partial charge in [0, 0.05) is 43.2 Å². The van der Waals surface area contributed by atoms with Crippen LogP contribution >= 0.6 is 0 Å². The van der Waals surface area contributed by atoms with Crippen LogP contribution in [0.5, 0.6) is 11.5 Å². The average Bonchev–Trinajstić information content (AvgIpc) is 3.32. The average molecular weight is 621 g/mol. The van der Waals surface area contributed by atoms with Gasteiger partial charge in [-0.2, -0.15) is 5.26 Å². The monoisotopic (exact) mass is 620 g/mol. The Bertz CT molecular complexity index is 1900. The second-order valence-corrected chi connectivity index (χ2v) is 13.0. The highest BCUT2D eigenvalue weighted by molar-refractivity contribution is 5.97. The van der Waals surface area contributed by atoms with Crippen LogP contribution in [0.25, 0.3) is 16.9 Å². The molecular weight excluding hydrogens is 584 g/mol. The minimum absolute atomic E-state index is 0.142. The maximum Gasteiger partial charge on any atom is 0.335 e. The van der Waals surface area contributed by atoms with Crippen molar-refractivity contribution in [1.29, 1.82) is 5.26 Å². The highest BCUT2D eigenvalue weighted by Gasteiger charge is 2.52. The number of para-hydroxylation sites is 1. The van der Waals surface area contributed by atoms with Crippen molar-refractivity contribution in [3.63, 3.8) is 0 Å². The van der Waals surface area contributed by atoms with Crippen molar-refractivity contribution >= 4 is 22.9 Å². The molecule has 3 saturated heterocycles. The Labute approximate surface area is 266 Å². The van der Waals surface area contributed by atoms with E-state index in [4.69, 9.17) is 15.2 Å². The van der Waals surface area contributed by atoms with E-state index in [1.54, 1.807) is 39.8 Å². The molecule has 0 radical (unpaired) electrons. The van der Waals surface area contributed by atoms with Gasteiger partial charge in [0.05, 0.1) is 18.9 Å². The predicted molar refractivity (Wildman–Crippen MR) is 172 cm³/mol. The van der Waals surface area contributed by atoms with Crippen LogP contribution in [0.2, 0.25) is 0 Å². The summed E-state index contributed by atoms with van der Waals surface area (Å²) >= 11 is 0. The van der Waals surface area contributed by atoms with Crippen LogP contribution in [0, 0.1) is 16.7 Å². The van der Waals surface area contributed by atoms with Crippen molar-refractivity contribution in [1.82, 2.24) is 28.9 Å². The Hall–Kier alpha value is -4.99. The van der Waals surface area contributed by atoms with Gasteiger partial charge in [0.2, 0.25) is 0 Å². The highest BCUT2D eigenvalue weighted by atomic mass is 16.5. The maximum absolute atomic E-state index is 14.0. The molecule has 0 unspecified atom stereocenters. The van der Waals surface area contributed by atoms with Crippen LogP contribution in [0.15, 0.2) is 77.4 Å². The summed E-state index contributed by atoms with van der Waals surface area (Å²) in [5.74, 6) is 1.25. The number of fused-ring (bicyclic) bond motifs is 1. The molecule has 3 aliphatic rings. The Morgan fingerprint density at radius 3 is 2.37 bits per heavy atom. The molecule has 46 heavy (non-hydrogen) atoms. The zero-order valence-corrected chi connectivity index (χ0v) is 25.9. The van der Waals surface area contributed by atoms with Gasteiger partial charge in [-0.15, -0.1) is 0 Å². The fourth-order valence-corrected chi connectivity index (χ4v) is 6.75. The molecule has 12 nitrogen and oxygen atoms in total. The highest BCUT2D eigenvalue weighted by Crippen LogP contribution is 2.42. The van der Waals surface area contributed by atoms with E-state index >= 15 is 0 Å². The molecule has 0 atom stereocenters. The Balaban J connectivity index is 1.09. The molecular formula is C34H36N8O4. The third-order valence-corrected chi connectivity index (χ3v) is 9.40. The molecule has 1 spiro atoms. The number of piperidine rings is 1. The SMILES string of the molecule is CC(C)(/C=C(/C#N)C(=O)N1CCC(n2c(=O)n(-c3ccc(Oc4ccccc4)cc3)c3c(N)ncnc32)CC1)N1CC2(COC2)C1. The zero-order chi connectivity index (χ0) is 32.1. The van der Waals surface area contributed by atoms with Crippen molar-refractivity contribution < 1.29 is 14.3 Å². The quantitative estimate of drug-likeness (QED) is 0.242. The molecule has 0 saturated carbocycles. The fourth-order valence-electron chi connectivity index (χ4n) is 6.75. The fraction of sp³-hybridized carbons (Fsp3) is 0.382. The number of hydrogen-bond donors (Lipinski definition) is 1. The minimum Gasteiger partial charge on any atom is -0.457 e. The van der Waals surface area contributed by atoms with E-state index in [2.05, 4.69) is 20.9 Å². The van der Waals surface area contributed by atoms with Crippen LogP contribution in [0.3, 0.4) is 0 Å². The number of rotatable bonds is 7. The number of likely N-dealkylation sites (tertiary alicyclic amines) is 2. The van der Waals surface area contributed by atoms with Crippen LogP contribution in [0.4, 0.5) is 5.82 Å². The molecule has 1 amide bonds. The van der Waals surface area contributed by atoms with Gasteiger partial charge in [-0.1, -0.05) is 18.2 Å². The van der Waals surface area contributed by atoms with Gasteiger partial charge < -0.3 is 20.1 Å². The standard InChI is InChI=1S/C34H36N8O4/c1-33(2,40-18-34(19-40)20-45-21-34)16-23(17-35)31(43)39-14-12-25(13-15-39)42-30-28(29(36)37-22-38-30)41(32(42)44)24-8-10-27(11-9-24)46-26-6-4-3-5-7-26/h3-11,16,22,25H,12-15,18-21H2,1-2H3,(H2,36,37,38)/b23-16-. The predicted octanol–water partition coefficient (Wildman–Crippen LogP) is 3.68. The van der Waals surface area contributed by atoms with Gasteiger partial charge in [-0.3, -0.25) is 18.8 Å². The number of imidazole rings is 1. The lowest BCUT2D eigenvalue weighted by Gasteiger charge is -2.59. The number of nitrogen functional groups attached to an aromatic ring is 1. The van der Waals surface area contributed by atoms with Crippen LogP contribution < -0.4 is 16.2 Å². The Kier molecular flexibility index (Phi) is 7.38. The second-order valence-electron chi connectivity index (χ2n) is 13.0. The topological polar surface area (TPSA) is 145 Å². The van der Waals surface area contributed by atoms with Gasteiger partial charge in [0.15, 0.2) is 11.5 Å². The molecule has 4 aromatic rings. The number of benzene rings is 2. The first-order valence-electron chi connectivity index (χ1n) is 15.5. The molecule has 0 aliphatic carbocycles. The number of carbonyl (C=O) groups excluding carboxylic acids is 1. The maximum atomic E-state index is 14.0. The number of aromatic nitrogens is 4. The van der Waals surface area contributed by atoms with Crippen molar-refractivity contribution in [2.75, 3.05) is 45.1 Å². The summed E-state index contributed by atoms with van der Waals surface area (Å²) in [4.78, 5) is 40.2. The Morgan fingerprint density at radius 1 is 1.07 bits per heavy atom. The smallest absolute Gasteiger partial charge is 0.335 e. The van der Waals surface area contributed by atoms with Crippen molar-refractivity contribution in [3.05, 3.63) is 83.1 Å². The number of nitriles is 1. The molecule has 0 bridgehead atoms. The summed E-state index contributed by atoms with van der Waals surface area (Å²) < 4.78 is 14.5. The van der Waals surface area contributed by atoms with Gasteiger partial charge in [0.25, 0.3) is 5.91 Å². The number of nitrogens with two attached hydrogens (primary N) is 1. The number of carbonyl (C=O) groups is 1. The van der Waals surface area contributed by atoms with E-state index in [0.717, 1.165) is 26.3 Å². The molecule has 2 aromatic carbocycles. The van der Waals surface area contributed by atoms with Gasteiger partial charge in [-0.25, -0.2) is 14.8 Å². The largest absolute Gasteiger partial charge is 0.457 e. The van der Waals surface area contributed by atoms with Crippen LogP contribution in [-0.2, 0) is 9.53 Å². The molecule has 5 heterocycles. The van der Waals surface area contributed by atoms with Crippen molar-refractivity contribution in [3.8, 4) is 23.3 Å². The first kappa shape index (κ1) is 29.7. The van der Waals surface area contributed by atoms with E-state index in [1.807, 2.05) is 44.2 Å². The normalized spacial score (nSPS) is 18.6. The summed E-state index contributed by atoms with van der Waals surface area (Å²) in [6, 6.07) is 18.6. The molecule has 3 fully saturated rings. The summed E-state index contributed by atoms with van der Waals surface area (Å²) in [5.41, 5.74) is 7.45. The summed E-state index contributed by atoms with van der Waals surface area (Å²) in [7, 11) is 0. The molecule has 3 aliphatic heterocycles. The lowest BCUT2D eigenvalue weighted by atomic mass is 9.75. The second kappa shape index (κ2) is 11.4. The Morgan fingerprint density at radius 2 is 1.74 bits per heavy atom. The molecule has 236 valence electrons. The van der Waals surface area contributed by atoms with Crippen LogP contribution in [0.1, 0.15) is 32.7 Å². The van der Waals surface area contributed by atoms with Crippen molar-refractivity contribution in [2.45, 2.75) is 38.3 Å². The van der Waals surface area contributed by atoms with Gasteiger partial charge >= 0.3 is 5.69 Å². The number of anilines is 1. The van der Waals surface area contributed by atoms with E-state index in [-0.39, 0.29) is 34.4 Å². The molecule has 12 heteroatoms. The van der Waals surface area contributed by atoms with E-state index < -0.39 is 5.54 Å². The van der Waals surface area contributed by atoms with Gasteiger partial charge in [-0.05, 0) is 69.2 Å². The third kappa shape index (κ3) is 5.21. The first-order chi connectivity index (χ1) is 22.2. The number of ether oxygens (including phenoxy) is 2. The van der Waals surface area contributed by atoms with E-state index in [1.165, 1.54) is 10.9 Å². The summed E-state index contributed by atoms with van der Waals surface area (Å²) in [5, 5.41) is 9.95. The molecule has 7 rings (SSSR count). The lowest BCUT2D eigenvalue weighted by Crippen LogP contribution is -2.70.